The Hall–Kier alpha value is -1.60. The molecule has 1 aromatic rings. The molecule has 1 heterocycles. The van der Waals surface area contributed by atoms with Gasteiger partial charge in [-0.1, -0.05) is 0 Å². The van der Waals surface area contributed by atoms with Crippen molar-refractivity contribution < 1.29 is 0 Å². The topological polar surface area (TPSA) is 52.0 Å². The van der Waals surface area contributed by atoms with Crippen LogP contribution in [0.2, 0.25) is 0 Å². The molecule has 0 atom stereocenters. The van der Waals surface area contributed by atoms with E-state index in [9.17, 15) is 0 Å². The molecule has 1 N–H and O–H groups in total. The van der Waals surface area contributed by atoms with Crippen molar-refractivity contribution in [3.63, 3.8) is 0 Å². The monoisotopic (exact) mass is 190 g/mol. The Bertz CT molecular complexity index is 310. The average Bonchev–Trinajstić information content (AvgIpc) is 2.18. The number of rotatable bonds is 4. The molecule has 0 aromatic carbocycles. The number of hydrogen-bond acceptors (Lipinski definition) is 4. The van der Waals surface area contributed by atoms with Gasteiger partial charge in [0.1, 0.15) is 11.9 Å². The molecule has 0 aliphatic rings. The molecule has 0 radical (unpaired) electrons. The van der Waals surface area contributed by atoms with E-state index >= 15 is 0 Å². The summed E-state index contributed by atoms with van der Waals surface area (Å²) in [7, 11) is 4.04. The van der Waals surface area contributed by atoms with Crippen molar-refractivity contribution in [2.75, 3.05) is 32.5 Å². The van der Waals surface area contributed by atoms with Crippen molar-refractivity contribution in [3.8, 4) is 6.07 Å². The molecule has 0 saturated heterocycles. The molecule has 0 unspecified atom stereocenters. The summed E-state index contributed by atoms with van der Waals surface area (Å²) in [5.41, 5.74) is 0.586. The van der Waals surface area contributed by atoms with E-state index in [0.717, 1.165) is 18.9 Å². The second-order valence-corrected chi connectivity index (χ2v) is 3.27. The molecule has 1 rings (SSSR count). The van der Waals surface area contributed by atoms with Gasteiger partial charge in [0.05, 0.1) is 5.56 Å². The number of likely N-dealkylation sites (N-methyl/N-ethyl adjacent to an activating group) is 1. The predicted octanol–water partition coefficient (Wildman–Crippen LogP) is 0.927. The molecule has 0 spiro atoms. The molecular formula is C10H14N4. The van der Waals surface area contributed by atoms with Crippen LogP contribution in [0.25, 0.3) is 0 Å². The highest BCUT2D eigenvalue weighted by atomic mass is 15.1. The number of nitriles is 1. The van der Waals surface area contributed by atoms with Crippen molar-refractivity contribution in [2.24, 2.45) is 0 Å². The van der Waals surface area contributed by atoms with E-state index < -0.39 is 0 Å². The molecule has 0 amide bonds. The first kappa shape index (κ1) is 10.5. The highest BCUT2D eigenvalue weighted by molar-refractivity contribution is 5.38. The Balaban J connectivity index is 2.41. The largest absolute Gasteiger partial charge is 0.369 e. The van der Waals surface area contributed by atoms with Gasteiger partial charge in [-0.2, -0.15) is 5.26 Å². The minimum Gasteiger partial charge on any atom is -0.369 e. The third-order valence-corrected chi connectivity index (χ3v) is 1.76. The second kappa shape index (κ2) is 5.20. The highest BCUT2D eigenvalue weighted by Gasteiger charge is 1.94. The van der Waals surface area contributed by atoms with E-state index in [-0.39, 0.29) is 0 Å². The molecule has 74 valence electrons. The molecule has 0 saturated carbocycles. The lowest BCUT2D eigenvalue weighted by molar-refractivity contribution is 0.425. The summed E-state index contributed by atoms with van der Waals surface area (Å²) < 4.78 is 0. The van der Waals surface area contributed by atoms with E-state index in [1.807, 2.05) is 26.2 Å². The van der Waals surface area contributed by atoms with E-state index in [1.54, 1.807) is 12.3 Å². The summed E-state index contributed by atoms with van der Waals surface area (Å²) in [5, 5.41) is 11.7. The lowest BCUT2D eigenvalue weighted by Gasteiger charge is -2.10. The zero-order chi connectivity index (χ0) is 10.4. The number of hydrogen-bond donors (Lipinski definition) is 1. The molecule has 1 aromatic heterocycles. The van der Waals surface area contributed by atoms with Crippen LogP contribution < -0.4 is 5.32 Å². The summed E-state index contributed by atoms with van der Waals surface area (Å²) in [6.07, 6.45) is 1.57. The third-order valence-electron chi connectivity index (χ3n) is 1.76. The van der Waals surface area contributed by atoms with Crippen molar-refractivity contribution in [2.45, 2.75) is 0 Å². The van der Waals surface area contributed by atoms with Crippen LogP contribution in [0.5, 0.6) is 0 Å². The molecule has 0 aliphatic carbocycles. The van der Waals surface area contributed by atoms with Gasteiger partial charge >= 0.3 is 0 Å². The van der Waals surface area contributed by atoms with Crippen molar-refractivity contribution in [1.29, 1.82) is 5.26 Å². The zero-order valence-corrected chi connectivity index (χ0v) is 8.49. The van der Waals surface area contributed by atoms with Crippen LogP contribution in [-0.4, -0.2) is 37.1 Å². The summed E-state index contributed by atoms with van der Waals surface area (Å²) in [4.78, 5) is 6.19. The first-order valence-corrected chi connectivity index (χ1v) is 4.47. The van der Waals surface area contributed by atoms with Crippen LogP contribution in [0, 0.1) is 11.3 Å². The number of anilines is 1. The Labute approximate surface area is 84.2 Å². The summed E-state index contributed by atoms with van der Waals surface area (Å²) in [6.45, 7) is 1.81. The van der Waals surface area contributed by atoms with Gasteiger partial charge in [0.15, 0.2) is 0 Å². The summed E-state index contributed by atoms with van der Waals surface area (Å²) in [6, 6.07) is 5.60. The number of pyridine rings is 1. The lowest BCUT2D eigenvalue weighted by Crippen LogP contribution is -2.21. The van der Waals surface area contributed by atoms with Gasteiger partial charge in [0, 0.05) is 19.3 Å². The molecule has 0 bridgehead atoms. The van der Waals surface area contributed by atoms with Crippen LogP contribution in [0.1, 0.15) is 5.56 Å². The van der Waals surface area contributed by atoms with Gasteiger partial charge in [-0.25, -0.2) is 4.98 Å². The number of aromatic nitrogens is 1. The maximum atomic E-state index is 8.56. The fraction of sp³-hybridized carbons (Fsp3) is 0.400. The summed E-state index contributed by atoms with van der Waals surface area (Å²) >= 11 is 0. The fourth-order valence-electron chi connectivity index (χ4n) is 0.972. The van der Waals surface area contributed by atoms with Crippen molar-refractivity contribution in [3.05, 3.63) is 23.9 Å². The van der Waals surface area contributed by atoms with Crippen LogP contribution >= 0.6 is 0 Å². The van der Waals surface area contributed by atoms with Crippen molar-refractivity contribution >= 4 is 5.82 Å². The van der Waals surface area contributed by atoms with Gasteiger partial charge in [-0.15, -0.1) is 0 Å². The van der Waals surface area contributed by atoms with Gasteiger partial charge in [-0.05, 0) is 26.2 Å². The normalized spacial score (nSPS) is 9.86. The van der Waals surface area contributed by atoms with E-state index in [1.165, 1.54) is 0 Å². The Morgan fingerprint density at radius 3 is 2.79 bits per heavy atom. The van der Waals surface area contributed by atoms with Crippen LogP contribution in [0.4, 0.5) is 5.82 Å². The molecular weight excluding hydrogens is 176 g/mol. The van der Waals surface area contributed by atoms with Crippen LogP contribution in [0.3, 0.4) is 0 Å². The SMILES string of the molecule is CN(C)CCNc1ccc(C#N)cn1. The van der Waals surface area contributed by atoms with E-state index in [4.69, 9.17) is 5.26 Å². The standard InChI is InChI=1S/C10H14N4/c1-14(2)6-5-12-10-4-3-9(7-11)8-13-10/h3-4,8H,5-6H2,1-2H3,(H,12,13). The number of nitrogens with one attached hydrogen (secondary N) is 1. The van der Waals surface area contributed by atoms with Gasteiger partial charge in [-0.3, -0.25) is 0 Å². The smallest absolute Gasteiger partial charge is 0.126 e. The minimum absolute atomic E-state index is 0.586. The first-order chi connectivity index (χ1) is 6.72. The number of nitrogens with zero attached hydrogens (tertiary/aromatic N) is 3. The molecule has 0 fully saturated rings. The Morgan fingerprint density at radius 1 is 1.50 bits per heavy atom. The van der Waals surface area contributed by atoms with E-state index in [0.29, 0.717) is 5.56 Å². The fourth-order valence-corrected chi connectivity index (χ4v) is 0.972. The van der Waals surface area contributed by atoms with Crippen LogP contribution in [0.15, 0.2) is 18.3 Å². The lowest BCUT2D eigenvalue weighted by atomic mass is 10.3. The molecule has 14 heavy (non-hydrogen) atoms. The van der Waals surface area contributed by atoms with Gasteiger partial charge in [0.2, 0.25) is 0 Å². The molecule has 0 aliphatic heterocycles. The van der Waals surface area contributed by atoms with E-state index in [2.05, 4.69) is 15.2 Å². The Morgan fingerprint density at radius 2 is 2.29 bits per heavy atom. The highest BCUT2D eigenvalue weighted by Crippen LogP contribution is 2.02. The quantitative estimate of drug-likeness (QED) is 0.767. The molecule has 4 nitrogen and oxygen atoms in total. The van der Waals surface area contributed by atoms with Gasteiger partial charge < -0.3 is 10.2 Å². The maximum Gasteiger partial charge on any atom is 0.126 e. The van der Waals surface area contributed by atoms with Crippen LogP contribution in [-0.2, 0) is 0 Å². The maximum absolute atomic E-state index is 8.56. The van der Waals surface area contributed by atoms with Gasteiger partial charge in [0.25, 0.3) is 0 Å². The average molecular weight is 190 g/mol. The summed E-state index contributed by atoms with van der Waals surface area (Å²) in [5.74, 6) is 0.811. The first-order valence-electron chi connectivity index (χ1n) is 4.47. The zero-order valence-electron chi connectivity index (χ0n) is 8.49. The Kier molecular flexibility index (Phi) is 3.89. The second-order valence-electron chi connectivity index (χ2n) is 3.27. The van der Waals surface area contributed by atoms with Crippen molar-refractivity contribution in [1.82, 2.24) is 9.88 Å². The molecule has 4 heteroatoms. The minimum atomic E-state index is 0.586. The predicted molar refractivity (Wildman–Crippen MR) is 56.0 cm³/mol. The third kappa shape index (κ3) is 3.42.